The number of rotatable bonds is 6. The van der Waals surface area contributed by atoms with Crippen LogP contribution in [0, 0.1) is 5.92 Å². The lowest BCUT2D eigenvalue weighted by molar-refractivity contribution is 0.0588. The van der Waals surface area contributed by atoms with Crippen molar-refractivity contribution in [3.63, 3.8) is 0 Å². The zero-order valence-corrected chi connectivity index (χ0v) is 18.2. The van der Waals surface area contributed by atoms with Gasteiger partial charge in [0.15, 0.2) is 0 Å². The molecule has 1 aromatic heterocycles. The van der Waals surface area contributed by atoms with Crippen LogP contribution >= 0.6 is 43.2 Å². The van der Waals surface area contributed by atoms with Crippen molar-refractivity contribution in [3.05, 3.63) is 67.8 Å². The van der Waals surface area contributed by atoms with E-state index < -0.39 is 0 Å². The highest BCUT2D eigenvalue weighted by Crippen LogP contribution is 2.56. The fourth-order valence-electron chi connectivity index (χ4n) is 4.49. The third kappa shape index (κ3) is 3.11. The van der Waals surface area contributed by atoms with Crippen molar-refractivity contribution in [2.45, 2.75) is 24.4 Å². The molecular formula is C20H20Br2N2OS. The van der Waals surface area contributed by atoms with E-state index in [0.29, 0.717) is 4.88 Å². The Morgan fingerprint density at radius 3 is 2.73 bits per heavy atom. The number of carbonyl (C=O) groups is 1. The average Bonchev–Trinajstić information content (AvgIpc) is 3.25. The maximum atomic E-state index is 13.0. The van der Waals surface area contributed by atoms with E-state index in [0.717, 1.165) is 40.1 Å². The summed E-state index contributed by atoms with van der Waals surface area (Å²) in [7, 11) is 0. The predicted molar refractivity (Wildman–Crippen MR) is 114 cm³/mol. The molecule has 5 rings (SSSR count). The normalized spacial score (nSPS) is 25.5. The third-order valence-electron chi connectivity index (χ3n) is 5.56. The molecule has 1 amide bonds. The molecule has 1 aliphatic carbocycles. The van der Waals surface area contributed by atoms with Crippen molar-refractivity contribution in [1.29, 1.82) is 0 Å². The van der Waals surface area contributed by atoms with Crippen molar-refractivity contribution >= 4 is 49.1 Å². The highest BCUT2D eigenvalue weighted by atomic mass is 79.9. The van der Waals surface area contributed by atoms with Crippen molar-refractivity contribution < 1.29 is 4.79 Å². The molecule has 6 heteroatoms. The van der Waals surface area contributed by atoms with Gasteiger partial charge in [-0.3, -0.25) is 9.69 Å². The summed E-state index contributed by atoms with van der Waals surface area (Å²) in [4.78, 5) is 16.2. The number of hydrogen-bond donors (Lipinski definition) is 1. The van der Waals surface area contributed by atoms with Gasteiger partial charge in [-0.15, -0.1) is 17.9 Å². The van der Waals surface area contributed by atoms with E-state index in [-0.39, 0.29) is 17.5 Å². The van der Waals surface area contributed by atoms with Crippen LogP contribution < -0.4 is 5.32 Å². The first-order valence-corrected chi connectivity index (χ1v) is 11.1. The molecule has 3 fully saturated rings. The molecule has 1 aromatic carbocycles. The number of fused-ring (bicyclic) bond motifs is 1. The van der Waals surface area contributed by atoms with Gasteiger partial charge in [0.1, 0.15) is 0 Å². The van der Waals surface area contributed by atoms with Gasteiger partial charge in [-0.2, -0.15) is 0 Å². The number of hydrogen-bond acceptors (Lipinski definition) is 3. The minimum Gasteiger partial charge on any atom is -0.343 e. The zero-order chi connectivity index (χ0) is 18.3. The molecule has 1 atom stereocenters. The second-order valence-corrected chi connectivity index (χ2v) is 10.3. The van der Waals surface area contributed by atoms with E-state index in [9.17, 15) is 4.79 Å². The van der Waals surface area contributed by atoms with Crippen molar-refractivity contribution in [3.8, 4) is 0 Å². The van der Waals surface area contributed by atoms with Crippen LogP contribution in [0.3, 0.4) is 0 Å². The van der Waals surface area contributed by atoms with E-state index in [1.165, 1.54) is 16.9 Å². The zero-order valence-electron chi connectivity index (χ0n) is 14.3. The van der Waals surface area contributed by atoms with E-state index >= 15 is 0 Å². The Bertz CT molecular complexity index is 810. The van der Waals surface area contributed by atoms with E-state index in [2.05, 4.69) is 60.8 Å². The van der Waals surface area contributed by atoms with E-state index in [1.54, 1.807) is 0 Å². The minimum absolute atomic E-state index is 0.00158. The number of halogens is 2. The van der Waals surface area contributed by atoms with Crippen LogP contribution in [-0.4, -0.2) is 29.4 Å². The van der Waals surface area contributed by atoms with Gasteiger partial charge >= 0.3 is 0 Å². The summed E-state index contributed by atoms with van der Waals surface area (Å²) in [6.07, 6.45) is 4.25. The Morgan fingerprint density at radius 2 is 2.12 bits per heavy atom. The second kappa shape index (κ2) is 7.23. The first kappa shape index (κ1) is 18.4. The van der Waals surface area contributed by atoms with Gasteiger partial charge in [0.25, 0.3) is 5.91 Å². The van der Waals surface area contributed by atoms with E-state index in [1.807, 2.05) is 30.3 Å². The summed E-state index contributed by atoms with van der Waals surface area (Å²) in [5.41, 5.74) is 1.17. The topological polar surface area (TPSA) is 32.3 Å². The van der Waals surface area contributed by atoms with Crippen molar-refractivity contribution in [1.82, 2.24) is 10.2 Å². The fourth-order valence-corrected chi connectivity index (χ4v) is 6.42. The Morgan fingerprint density at radius 1 is 1.38 bits per heavy atom. The first-order chi connectivity index (χ1) is 12.5. The number of nitrogens with zero attached hydrogens (tertiary/aromatic N) is 1. The third-order valence-corrected chi connectivity index (χ3v) is 8.81. The molecule has 3 aliphatic rings. The van der Waals surface area contributed by atoms with Crippen LogP contribution in [0.25, 0.3) is 0 Å². The molecule has 2 bridgehead atoms. The monoisotopic (exact) mass is 494 g/mol. The van der Waals surface area contributed by atoms with Gasteiger partial charge < -0.3 is 5.32 Å². The highest BCUT2D eigenvalue weighted by Gasteiger charge is 2.60. The molecule has 1 unspecified atom stereocenters. The number of thiophene rings is 1. The van der Waals surface area contributed by atoms with Gasteiger partial charge in [0.2, 0.25) is 0 Å². The lowest BCUT2D eigenvalue weighted by atomic mass is 9.67. The fraction of sp³-hybridized carbons (Fsp3) is 0.350. The molecule has 26 heavy (non-hydrogen) atoms. The van der Waals surface area contributed by atoms with Crippen molar-refractivity contribution in [2.24, 2.45) is 5.92 Å². The molecule has 1 saturated carbocycles. The van der Waals surface area contributed by atoms with Gasteiger partial charge in [-0.05, 0) is 62.2 Å². The van der Waals surface area contributed by atoms with Crippen LogP contribution in [0.4, 0.5) is 0 Å². The summed E-state index contributed by atoms with van der Waals surface area (Å²) in [6.45, 7) is 5.89. The number of nitrogens with one attached hydrogen (secondary N) is 1. The lowest BCUT2D eigenvalue weighted by Gasteiger charge is -2.48. The molecule has 2 aromatic rings. The smallest absolute Gasteiger partial charge is 0.261 e. The summed E-state index contributed by atoms with van der Waals surface area (Å²) in [6, 6.07) is 12.2. The summed E-state index contributed by atoms with van der Waals surface area (Å²) in [5, 5.41) is 3.35. The molecular weight excluding hydrogens is 476 g/mol. The van der Waals surface area contributed by atoms with Gasteiger partial charge in [0, 0.05) is 23.1 Å². The first-order valence-electron chi connectivity index (χ1n) is 8.70. The second-order valence-electron chi connectivity index (χ2n) is 7.12. The molecule has 136 valence electrons. The largest absolute Gasteiger partial charge is 0.343 e. The molecule has 2 aliphatic heterocycles. The number of amides is 1. The van der Waals surface area contributed by atoms with Crippen LogP contribution in [0.1, 0.15) is 34.1 Å². The quantitative estimate of drug-likeness (QED) is 0.544. The Kier molecular flexibility index (Phi) is 5.12. The van der Waals surface area contributed by atoms with Crippen LogP contribution in [-0.2, 0) is 0 Å². The highest BCUT2D eigenvalue weighted by molar-refractivity contribution is 9.13. The Labute approximate surface area is 174 Å². The van der Waals surface area contributed by atoms with Gasteiger partial charge in [-0.25, -0.2) is 0 Å². The van der Waals surface area contributed by atoms with Crippen LogP contribution in [0.15, 0.2) is 57.3 Å². The molecule has 0 radical (unpaired) electrons. The van der Waals surface area contributed by atoms with Crippen molar-refractivity contribution in [2.75, 3.05) is 13.1 Å². The predicted octanol–water partition coefficient (Wildman–Crippen LogP) is 5.39. The molecule has 3 nitrogen and oxygen atoms in total. The molecule has 2 saturated heterocycles. The van der Waals surface area contributed by atoms with Gasteiger partial charge in [-0.1, -0.05) is 36.4 Å². The Hall–Kier alpha value is -0.950. The standard InChI is InChI=1S/C20H20Br2N2OS/c1-2-8-24-12-13-10-20(24,11-13)17(14-6-4-3-5-7-14)23-19(25)16-9-15(21)18(22)26-16/h2-7,9,13,17H,1,8,10-12H2,(H,23,25). The minimum atomic E-state index is -0.0189. The van der Waals surface area contributed by atoms with Gasteiger partial charge in [0.05, 0.1) is 14.7 Å². The summed E-state index contributed by atoms with van der Waals surface area (Å²) >= 11 is 8.41. The van der Waals surface area contributed by atoms with E-state index in [4.69, 9.17) is 0 Å². The maximum absolute atomic E-state index is 13.0. The molecule has 1 N–H and O–H groups in total. The summed E-state index contributed by atoms with van der Waals surface area (Å²) < 4.78 is 1.86. The number of benzene rings is 1. The van der Waals surface area contributed by atoms with Crippen LogP contribution in [0.5, 0.6) is 0 Å². The Balaban J connectivity index is 1.66. The maximum Gasteiger partial charge on any atom is 0.261 e. The number of carbonyl (C=O) groups excluding carboxylic acids is 1. The SMILES string of the molecule is C=CCN1CC2CC1(C(NC(=O)c1cc(Br)c(Br)s1)c1ccccc1)C2. The summed E-state index contributed by atoms with van der Waals surface area (Å²) in [5.74, 6) is 0.724. The van der Waals surface area contributed by atoms with Crippen LogP contribution in [0.2, 0.25) is 0 Å². The molecule has 0 spiro atoms. The lowest BCUT2D eigenvalue weighted by Crippen LogP contribution is -2.56. The molecule has 3 heterocycles. The average molecular weight is 496 g/mol.